The quantitative estimate of drug-likeness (QED) is 0.901. The van der Waals surface area contributed by atoms with Gasteiger partial charge >= 0.3 is 0 Å². The molecule has 19 heavy (non-hydrogen) atoms. The maximum Gasteiger partial charge on any atom is 0.231 e. The van der Waals surface area contributed by atoms with Crippen LogP contribution in [0.2, 0.25) is 0 Å². The van der Waals surface area contributed by atoms with E-state index >= 15 is 0 Å². The highest BCUT2D eigenvalue weighted by Crippen LogP contribution is 2.35. The molecular weight excluding hydrogens is 238 g/mol. The summed E-state index contributed by atoms with van der Waals surface area (Å²) >= 11 is 0. The smallest absolute Gasteiger partial charge is 0.231 e. The lowest BCUT2D eigenvalue weighted by Crippen LogP contribution is -2.29. The molecule has 1 heterocycles. The summed E-state index contributed by atoms with van der Waals surface area (Å²) in [5.41, 5.74) is 1.22. The molecule has 2 aliphatic rings. The molecule has 1 saturated carbocycles. The number of ether oxygens (including phenoxy) is 2. The summed E-state index contributed by atoms with van der Waals surface area (Å²) in [7, 11) is 0. The van der Waals surface area contributed by atoms with Crippen molar-refractivity contribution in [3.05, 3.63) is 23.8 Å². The maximum absolute atomic E-state index is 5.55. The van der Waals surface area contributed by atoms with Crippen molar-refractivity contribution in [2.24, 2.45) is 0 Å². The Morgan fingerprint density at radius 3 is 2.63 bits per heavy atom. The lowest BCUT2D eigenvalue weighted by atomic mass is 9.96. The Kier molecular flexibility index (Phi) is 4.23. The monoisotopic (exact) mass is 261 g/mol. The summed E-state index contributed by atoms with van der Waals surface area (Å²) in [5, 5.41) is 3.70. The number of rotatable bonds is 3. The van der Waals surface area contributed by atoms with Crippen LogP contribution in [0, 0.1) is 0 Å². The van der Waals surface area contributed by atoms with Crippen molar-refractivity contribution in [1.29, 1.82) is 0 Å². The van der Waals surface area contributed by atoms with E-state index in [9.17, 15) is 0 Å². The van der Waals surface area contributed by atoms with E-state index < -0.39 is 0 Å². The summed E-state index contributed by atoms with van der Waals surface area (Å²) in [4.78, 5) is 0. The topological polar surface area (TPSA) is 30.5 Å². The Morgan fingerprint density at radius 1 is 1.00 bits per heavy atom. The molecule has 104 valence electrons. The van der Waals surface area contributed by atoms with Crippen LogP contribution in [0.15, 0.2) is 18.2 Å². The van der Waals surface area contributed by atoms with Crippen LogP contribution in [0.3, 0.4) is 0 Å². The van der Waals surface area contributed by atoms with Crippen molar-refractivity contribution in [1.82, 2.24) is 5.32 Å². The van der Waals surface area contributed by atoms with E-state index in [1.54, 1.807) is 0 Å². The molecule has 0 saturated heterocycles. The Morgan fingerprint density at radius 2 is 1.79 bits per heavy atom. The number of hydrogen-bond acceptors (Lipinski definition) is 3. The molecule has 0 atom stereocenters. The molecule has 0 aromatic heterocycles. The minimum Gasteiger partial charge on any atom is -0.454 e. The van der Waals surface area contributed by atoms with Crippen molar-refractivity contribution in [3.8, 4) is 11.5 Å². The van der Waals surface area contributed by atoms with Gasteiger partial charge in [-0.1, -0.05) is 44.2 Å². The molecule has 3 nitrogen and oxygen atoms in total. The highest BCUT2D eigenvalue weighted by atomic mass is 16.7. The molecule has 1 aliphatic heterocycles. The number of fused-ring (bicyclic) bond motifs is 1. The molecule has 0 amide bonds. The minimum absolute atomic E-state index is 0.357. The molecule has 3 rings (SSSR count). The van der Waals surface area contributed by atoms with Crippen LogP contribution in [0.1, 0.15) is 50.5 Å². The molecule has 0 bridgehead atoms. The zero-order valence-corrected chi connectivity index (χ0v) is 11.5. The SMILES string of the molecule is c1cc(CNC2CCCCCCC2)c2c(c1)OCO2. The predicted molar refractivity (Wildman–Crippen MR) is 75.5 cm³/mol. The first-order chi connectivity index (χ1) is 9.43. The summed E-state index contributed by atoms with van der Waals surface area (Å²) in [6.45, 7) is 1.24. The van der Waals surface area contributed by atoms with Crippen LogP contribution in [0.4, 0.5) is 0 Å². The van der Waals surface area contributed by atoms with Crippen LogP contribution < -0.4 is 14.8 Å². The second-order valence-corrected chi connectivity index (χ2v) is 5.57. The van der Waals surface area contributed by atoms with Gasteiger partial charge in [0.25, 0.3) is 0 Å². The van der Waals surface area contributed by atoms with Gasteiger partial charge in [-0.05, 0) is 18.9 Å². The van der Waals surface area contributed by atoms with E-state index in [2.05, 4.69) is 11.4 Å². The first kappa shape index (κ1) is 12.8. The van der Waals surface area contributed by atoms with Gasteiger partial charge in [0.15, 0.2) is 11.5 Å². The third-order valence-electron chi connectivity index (χ3n) is 4.16. The fourth-order valence-corrected chi connectivity index (χ4v) is 3.04. The van der Waals surface area contributed by atoms with Crippen LogP contribution in [-0.2, 0) is 6.54 Å². The Bertz CT molecular complexity index is 411. The van der Waals surface area contributed by atoms with Gasteiger partial charge < -0.3 is 14.8 Å². The molecule has 0 radical (unpaired) electrons. The van der Waals surface area contributed by atoms with Gasteiger partial charge in [0.1, 0.15) is 0 Å². The molecule has 1 N–H and O–H groups in total. The second kappa shape index (κ2) is 6.29. The summed E-state index contributed by atoms with van der Waals surface area (Å²) in [6, 6.07) is 6.81. The molecule has 0 unspecified atom stereocenters. The van der Waals surface area contributed by atoms with Gasteiger partial charge in [0.2, 0.25) is 6.79 Å². The fraction of sp³-hybridized carbons (Fsp3) is 0.625. The lowest BCUT2D eigenvalue weighted by Gasteiger charge is -2.21. The van der Waals surface area contributed by atoms with Crippen molar-refractivity contribution in [2.45, 2.75) is 57.5 Å². The third kappa shape index (κ3) is 3.21. The van der Waals surface area contributed by atoms with E-state index in [0.29, 0.717) is 12.8 Å². The molecule has 1 aliphatic carbocycles. The highest BCUT2D eigenvalue weighted by molar-refractivity contribution is 5.48. The summed E-state index contributed by atoms with van der Waals surface area (Å²) < 4.78 is 11.0. The first-order valence-electron chi connectivity index (χ1n) is 7.54. The van der Waals surface area contributed by atoms with Gasteiger partial charge in [-0.25, -0.2) is 0 Å². The Labute approximate surface area is 115 Å². The molecule has 3 heteroatoms. The summed E-state index contributed by atoms with van der Waals surface area (Å²) in [5.74, 6) is 1.82. The van der Waals surface area contributed by atoms with Crippen molar-refractivity contribution in [3.63, 3.8) is 0 Å². The third-order valence-corrected chi connectivity index (χ3v) is 4.16. The van der Waals surface area contributed by atoms with Gasteiger partial charge in [-0.2, -0.15) is 0 Å². The highest BCUT2D eigenvalue weighted by Gasteiger charge is 2.18. The lowest BCUT2D eigenvalue weighted by molar-refractivity contribution is 0.173. The molecule has 0 spiro atoms. The molecule has 1 fully saturated rings. The number of hydrogen-bond donors (Lipinski definition) is 1. The van der Waals surface area contributed by atoms with E-state index in [4.69, 9.17) is 9.47 Å². The van der Waals surface area contributed by atoms with Gasteiger partial charge in [-0.15, -0.1) is 0 Å². The van der Waals surface area contributed by atoms with Crippen LogP contribution >= 0.6 is 0 Å². The predicted octanol–water partition coefficient (Wildman–Crippen LogP) is 3.62. The van der Waals surface area contributed by atoms with Gasteiger partial charge in [0, 0.05) is 18.2 Å². The fourth-order valence-electron chi connectivity index (χ4n) is 3.04. The van der Waals surface area contributed by atoms with E-state index in [1.165, 1.54) is 50.5 Å². The first-order valence-corrected chi connectivity index (χ1v) is 7.54. The number of para-hydroxylation sites is 1. The Balaban J connectivity index is 1.58. The summed E-state index contributed by atoms with van der Waals surface area (Å²) in [6.07, 6.45) is 9.57. The average Bonchev–Trinajstić information content (AvgIpc) is 2.86. The largest absolute Gasteiger partial charge is 0.454 e. The zero-order valence-electron chi connectivity index (χ0n) is 11.5. The standard InChI is InChI=1S/C16H23NO2/c1-2-4-8-14(9-5-3-1)17-11-13-7-6-10-15-16(13)19-12-18-15/h6-7,10,14,17H,1-5,8-9,11-12H2. The number of benzene rings is 1. The molecule has 1 aromatic rings. The second-order valence-electron chi connectivity index (χ2n) is 5.57. The van der Waals surface area contributed by atoms with Crippen molar-refractivity contribution >= 4 is 0 Å². The van der Waals surface area contributed by atoms with Crippen molar-refractivity contribution in [2.75, 3.05) is 6.79 Å². The number of nitrogens with one attached hydrogen (secondary N) is 1. The minimum atomic E-state index is 0.357. The molecular formula is C16H23NO2. The van der Waals surface area contributed by atoms with Gasteiger partial charge in [0.05, 0.1) is 0 Å². The normalized spacial score (nSPS) is 20.0. The van der Waals surface area contributed by atoms with E-state index in [-0.39, 0.29) is 0 Å². The van der Waals surface area contributed by atoms with Crippen LogP contribution in [0.25, 0.3) is 0 Å². The maximum atomic E-state index is 5.55. The van der Waals surface area contributed by atoms with E-state index in [0.717, 1.165) is 18.0 Å². The zero-order chi connectivity index (χ0) is 12.9. The van der Waals surface area contributed by atoms with Crippen LogP contribution in [0.5, 0.6) is 11.5 Å². The Hall–Kier alpha value is -1.22. The molecule has 1 aromatic carbocycles. The van der Waals surface area contributed by atoms with Crippen LogP contribution in [-0.4, -0.2) is 12.8 Å². The van der Waals surface area contributed by atoms with E-state index in [1.807, 2.05) is 12.1 Å². The average molecular weight is 261 g/mol. The van der Waals surface area contributed by atoms with Gasteiger partial charge in [-0.3, -0.25) is 0 Å². The van der Waals surface area contributed by atoms with Crippen molar-refractivity contribution < 1.29 is 9.47 Å².